The van der Waals surface area contributed by atoms with Crippen LogP contribution < -0.4 is 0 Å². The Hall–Kier alpha value is -0.870. The summed E-state index contributed by atoms with van der Waals surface area (Å²) < 4.78 is 11.3. The fourth-order valence-electron chi connectivity index (χ4n) is 2.03. The summed E-state index contributed by atoms with van der Waals surface area (Å²) in [5, 5.41) is 9.44. The Morgan fingerprint density at radius 1 is 1.38 bits per heavy atom. The zero-order valence-corrected chi connectivity index (χ0v) is 10.2. The van der Waals surface area contributed by atoms with Gasteiger partial charge in [-0.15, -0.1) is 0 Å². The quantitative estimate of drug-likeness (QED) is 0.850. The monoisotopic (exact) mass is 239 g/mol. The van der Waals surface area contributed by atoms with E-state index >= 15 is 0 Å². The molecule has 1 heterocycles. The summed E-state index contributed by atoms with van der Waals surface area (Å²) in [5.74, 6) is 1.84. The molecule has 88 valence electrons. The molecule has 0 amide bonds. The number of phenolic OH excluding ortho intramolecular Hbond substituents is 1. The second kappa shape index (κ2) is 4.97. The summed E-state index contributed by atoms with van der Waals surface area (Å²) in [6, 6.07) is 7.65. The molecule has 16 heavy (non-hydrogen) atoms. The maximum Gasteiger partial charge on any atom is 0.115 e. The van der Waals surface area contributed by atoms with Gasteiger partial charge in [0.2, 0.25) is 0 Å². The van der Waals surface area contributed by atoms with Crippen molar-refractivity contribution in [2.45, 2.75) is 13.0 Å². The van der Waals surface area contributed by atoms with E-state index in [1.807, 2.05) is 12.1 Å². The van der Waals surface area contributed by atoms with E-state index in [1.165, 1.54) is 0 Å². The summed E-state index contributed by atoms with van der Waals surface area (Å²) in [4.78, 5) is 2.32. The lowest BCUT2D eigenvalue weighted by Gasteiger charge is -2.32. The van der Waals surface area contributed by atoms with Gasteiger partial charge in [0, 0.05) is 41.4 Å². The first-order valence-electron chi connectivity index (χ1n) is 5.55. The fraction of sp³-hybridized carbons (Fsp3) is 0.500. The summed E-state index contributed by atoms with van der Waals surface area (Å²) in [5.41, 5.74) is 1.12. The third-order valence-electron chi connectivity index (χ3n) is 3.11. The van der Waals surface area contributed by atoms with Gasteiger partial charge in [-0.2, -0.15) is 0 Å². The predicted molar refractivity (Wildman–Crippen MR) is 66.0 cm³/mol. The van der Waals surface area contributed by atoms with Gasteiger partial charge in [0.15, 0.2) is 0 Å². The van der Waals surface area contributed by atoms with Gasteiger partial charge in [-0.25, -0.2) is 0 Å². The highest BCUT2D eigenvalue weighted by molar-refractivity contribution is 7.85. The normalized spacial score (nSPS) is 20.8. The van der Waals surface area contributed by atoms with Crippen LogP contribution in [0.15, 0.2) is 24.3 Å². The minimum Gasteiger partial charge on any atom is -0.508 e. The molecule has 2 rings (SSSR count). The number of benzene rings is 1. The molecule has 0 aromatic heterocycles. The largest absolute Gasteiger partial charge is 0.508 e. The maximum absolute atomic E-state index is 11.3. The van der Waals surface area contributed by atoms with E-state index < -0.39 is 10.8 Å². The first kappa shape index (κ1) is 11.6. The van der Waals surface area contributed by atoms with Crippen LogP contribution in [0.3, 0.4) is 0 Å². The summed E-state index contributed by atoms with van der Waals surface area (Å²) in [6.45, 7) is 3.88. The van der Waals surface area contributed by atoms with Gasteiger partial charge in [0.25, 0.3) is 0 Å². The van der Waals surface area contributed by atoms with Gasteiger partial charge >= 0.3 is 0 Å². The molecule has 1 saturated heterocycles. The van der Waals surface area contributed by atoms with Crippen molar-refractivity contribution in [2.75, 3.05) is 24.6 Å². The van der Waals surface area contributed by atoms with Gasteiger partial charge in [-0.1, -0.05) is 12.1 Å². The Balaban J connectivity index is 2.07. The standard InChI is InChI=1S/C12H17NO2S/c1-10(11-3-2-4-12(14)9-11)13-5-7-16(15)8-6-13/h2-4,9-10,14H,5-8H2,1H3. The maximum atomic E-state index is 11.3. The molecule has 1 N–H and O–H groups in total. The number of rotatable bonds is 2. The van der Waals surface area contributed by atoms with Crippen LogP contribution >= 0.6 is 0 Å². The van der Waals surface area contributed by atoms with E-state index in [0.717, 1.165) is 30.2 Å². The molecule has 1 unspecified atom stereocenters. The molecule has 1 aliphatic rings. The van der Waals surface area contributed by atoms with E-state index in [9.17, 15) is 9.32 Å². The minimum absolute atomic E-state index is 0.282. The average molecular weight is 239 g/mol. The lowest BCUT2D eigenvalue weighted by atomic mass is 10.1. The Morgan fingerprint density at radius 3 is 2.69 bits per heavy atom. The number of hydrogen-bond acceptors (Lipinski definition) is 3. The van der Waals surface area contributed by atoms with Gasteiger partial charge in [-0.05, 0) is 24.6 Å². The van der Waals surface area contributed by atoms with E-state index in [2.05, 4.69) is 11.8 Å². The van der Waals surface area contributed by atoms with Crippen molar-refractivity contribution in [1.29, 1.82) is 0 Å². The first-order chi connectivity index (χ1) is 7.66. The first-order valence-corrected chi connectivity index (χ1v) is 7.03. The van der Waals surface area contributed by atoms with Crippen LogP contribution in [-0.2, 0) is 10.8 Å². The van der Waals surface area contributed by atoms with Crippen LogP contribution in [0.5, 0.6) is 5.75 Å². The summed E-state index contributed by atoms with van der Waals surface area (Å²) in [7, 11) is -0.629. The van der Waals surface area contributed by atoms with Gasteiger partial charge in [0.05, 0.1) is 0 Å². The second-order valence-electron chi connectivity index (χ2n) is 4.16. The Morgan fingerprint density at radius 2 is 2.06 bits per heavy atom. The highest BCUT2D eigenvalue weighted by atomic mass is 32.2. The van der Waals surface area contributed by atoms with Crippen molar-refractivity contribution in [3.63, 3.8) is 0 Å². The lowest BCUT2D eigenvalue weighted by Crippen LogP contribution is -2.39. The van der Waals surface area contributed by atoms with Crippen molar-refractivity contribution < 1.29 is 9.32 Å². The van der Waals surface area contributed by atoms with Crippen LogP contribution in [-0.4, -0.2) is 38.8 Å². The molecule has 3 nitrogen and oxygen atoms in total. The summed E-state index contributed by atoms with van der Waals surface area (Å²) in [6.07, 6.45) is 0. The van der Waals surface area contributed by atoms with Crippen LogP contribution in [0.25, 0.3) is 0 Å². The van der Waals surface area contributed by atoms with Crippen LogP contribution in [0.4, 0.5) is 0 Å². The zero-order chi connectivity index (χ0) is 11.5. The molecule has 1 atom stereocenters. The van der Waals surface area contributed by atoms with Crippen molar-refractivity contribution in [3.05, 3.63) is 29.8 Å². The molecule has 0 aliphatic carbocycles. The average Bonchev–Trinajstić information content (AvgIpc) is 2.29. The molecular weight excluding hydrogens is 222 g/mol. The number of phenols is 1. The summed E-state index contributed by atoms with van der Waals surface area (Å²) >= 11 is 0. The van der Waals surface area contributed by atoms with E-state index in [1.54, 1.807) is 12.1 Å². The molecule has 1 aliphatic heterocycles. The van der Waals surface area contributed by atoms with Gasteiger partial charge in [0.1, 0.15) is 5.75 Å². The molecule has 4 heteroatoms. The van der Waals surface area contributed by atoms with Crippen LogP contribution in [0.2, 0.25) is 0 Å². The van der Waals surface area contributed by atoms with Crippen LogP contribution in [0.1, 0.15) is 18.5 Å². The molecule has 1 aromatic carbocycles. The molecule has 0 saturated carbocycles. The van der Waals surface area contributed by atoms with Crippen molar-refractivity contribution >= 4 is 10.8 Å². The Kier molecular flexibility index (Phi) is 3.61. The molecule has 0 spiro atoms. The predicted octanol–water partition coefficient (Wildman–Crippen LogP) is 1.52. The molecule has 1 fully saturated rings. The van der Waals surface area contributed by atoms with E-state index in [4.69, 9.17) is 0 Å². The topological polar surface area (TPSA) is 40.5 Å². The van der Waals surface area contributed by atoms with Crippen molar-refractivity contribution in [3.8, 4) is 5.75 Å². The van der Waals surface area contributed by atoms with E-state index in [0.29, 0.717) is 5.75 Å². The van der Waals surface area contributed by atoms with Crippen molar-refractivity contribution in [1.82, 2.24) is 4.90 Å². The number of aromatic hydroxyl groups is 1. The highest BCUT2D eigenvalue weighted by Crippen LogP contribution is 2.24. The Labute approximate surface area is 98.5 Å². The fourth-order valence-corrected chi connectivity index (χ4v) is 3.12. The van der Waals surface area contributed by atoms with E-state index in [-0.39, 0.29) is 6.04 Å². The minimum atomic E-state index is -0.629. The molecular formula is C12H17NO2S. The third kappa shape index (κ3) is 2.62. The SMILES string of the molecule is CC(c1cccc(O)c1)N1CCS(=O)CC1. The lowest BCUT2D eigenvalue weighted by molar-refractivity contribution is 0.231. The number of nitrogens with zero attached hydrogens (tertiary/aromatic N) is 1. The molecule has 0 radical (unpaired) electrons. The number of hydrogen-bond donors (Lipinski definition) is 1. The Bertz CT molecular complexity index is 384. The smallest absolute Gasteiger partial charge is 0.115 e. The molecule has 0 bridgehead atoms. The van der Waals surface area contributed by atoms with Crippen LogP contribution in [0, 0.1) is 0 Å². The third-order valence-corrected chi connectivity index (χ3v) is 4.39. The van der Waals surface area contributed by atoms with Gasteiger partial charge < -0.3 is 5.11 Å². The van der Waals surface area contributed by atoms with Crippen molar-refractivity contribution in [2.24, 2.45) is 0 Å². The zero-order valence-electron chi connectivity index (χ0n) is 9.43. The van der Waals surface area contributed by atoms with Gasteiger partial charge in [-0.3, -0.25) is 9.11 Å². The second-order valence-corrected chi connectivity index (χ2v) is 5.85. The molecule has 1 aromatic rings. The highest BCUT2D eigenvalue weighted by Gasteiger charge is 2.21.